The fraction of sp³-hybridized carbons (Fsp3) is 0.500. The standard InChI is InChI=1S/C18H22N4O2S/c1-10-12-8-24-18(2,3)7-11(12)13-14-15(25-17(13)22-10)16(21-9-20-14)19-5-6-23-4/h9H,5-8H2,1-4H3,(H,19,20,21). The van der Waals surface area contributed by atoms with Crippen LogP contribution in [0.25, 0.3) is 20.4 Å². The molecule has 0 atom stereocenters. The first-order valence-electron chi connectivity index (χ1n) is 8.42. The van der Waals surface area contributed by atoms with Crippen LogP contribution in [0.4, 0.5) is 5.82 Å². The van der Waals surface area contributed by atoms with Crippen LogP contribution >= 0.6 is 11.3 Å². The van der Waals surface area contributed by atoms with Crippen LogP contribution in [0, 0.1) is 6.92 Å². The Morgan fingerprint density at radius 3 is 2.96 bits per heavy atom. The van der Waals surface area contributed by atoms with Gasteiger partial charge in [-0.15, -0.1) is 11.3 Å². The summed E-state index contributed by atoms with van der Waals surface area (Å²) in [4.78, 5) is 14.9. The van der Waals surface area contributed by atoms with Gasteiger partial charge in [-0.2, -0.15) is 0 Å². The lowest BCUT2D eigenvalue weighted by Crippen LogP contribution is -2.32. The first kappa shape index (κ1) is 16.6. The quantitative estimate of drug-likeness (QED) is 0.720. The summed E-state index contributed by atoms with van der Waals surface area (Å²) in [5, 5.41) is 4.50. The molecule has 4 rings (SSSR count). The predicted molar refractivity (Wildman–Crippen MR) is 100 cm³/mol. The second-order valence-electron chi connectivity index (χ2n) is 6.98. The number of pyridine rings is 1. The van der Waals surface area contributed by atoms with Gasteiger partial charge in [-0.1, -0.05) is 0 Å². The van der Waals surface area contributed by atoms with Gasteiger partial charge in [-0.05, 0) is 26.3 Å². The van der Waals surface area contributed by atoms with Gasteiger partial charge >= 0.3 is 0 Å². The highest BCUT2D eigenvalue weighted by atomic mass is 32.1. The highest BCUT2D eigenvalue weighted by Gasteiger charge is 2.30. The van der Waals surface area contributed by atoms with Crippen LogP contribution in [-0.4, -0.2) is 40.8 Å². The van der Waals surface area contributed by atoms with E-state index < -0.39 is 0 Å². The number of aromatic nitrogens is 3. The van der Waals surface area contributed by atoms with Gasteiger partial charge in [0.25, 0.3) is 0 Å². The Bertz CT molecular complexity index is 951. The molecule has 0 saturated carbocycles. The fourth-order valence-corrected chi connectivity index (χ4v) is 4.54. The number of anilines is 1. The third-order valence-electron chi connectivity index (χ3n) is 4.63. The Balaban J connectivity index is 1.93. The minimum atomic E-state index is -0.172. The molecule has 0 fully saturated rings. The number of fused-ring (bicyclic) bond motifs is 5. The molecular weight excluding hydrogens is 336 g/mol. The summed E-state index contributed by atoms with van der Waals surface area (Å²) >= 11 is 1.65. The summed E-state index contributed by atoms with van der Waals surface area (Å²) in [6, 6.07) is 0. The lowest BCUT2D eigenvalue weighted by molar-refractivity contribution is -0.0400. The minimum absolute atomic E-state index is 0.172. The average Bonchev–Trinajstić information content (AvgIpc) is 2.93. The normalized spacial score (nSPS) is 16.3. The summed E-state index contributed by atoms with van der Waals surface area (Å²) in [5.74, 6) is 0.850. The Morgan fingerprint density at radius 2 is 2.16 bits per heavy atom. The maximum atomic E-state index is 6.00. The van der Waals surface area contributed by atoms with E-state index in [2.05, 4.69) is 36.1 Å². The van der Waals surface area contributed by atoms with Crippen LogP contribution in [0.15, 0.2) is 6.33 Å². The molecule has 6 nitrogen and oxygen atoms in total. The molecule has 0 aromatic carbocycles. The lowest BCUT2D eigenvalue weighted by atomic mass is 9.89. The molecule has 0 bridgehead atoms. The summed E-state index contributed by atoms with van der Waals surface area (Å²) in [6.45, 7) is 8.29. The van der Waals surface area contributed by atoms with Gasteiger partial charge in [-0.3, -0.25) is 0 Å². The molecule has 0 radical (unpaired) electrons. The van der Waals surface area contributed by atoms with Crippen molar-refractivity contribution in [3.05, 3.63) is 23.1 Å². The number of methoxy groups -OCH3 is 1. The molecule has 3 aromatic heterocycles. The molecule has 4 heterocycles. The highest BCUT2D eigenvalue weighted by Crippen LogP contribution is 2.41. The van der Waals surface area contributed by atoms with E-state index in [-0.39, 0.29) is 5.60 Å². The van der Waals surface area contributed by atoms with Crippen molar-refractivity contribution >= 4 is 37.6 Å². The minimum Gasteiger partial charge on any atom is -0.383 e. The third kappa shape index (κ3) is 2.86. The van der Waals surface area contributed by atoms with Crippen LogP contribution in [0.3, 0.4) is 0 Å². The number of ether oxygens (including phenoxy) is 2. The molecular formula is C18H22N4O2S. The van der Waals surface area contributed by atoms with Crippen molar-refractivity contribution in [2.75, 3.05) is 25.6 Å². The average molecular weight is 358 g/mol. The summed E-state index contributed by atoms with van der Waals surface area (Å²) in [5.41, 5.74) is 4.39. The molecule has 0 spiro atoms. The smallest absolute Gasteiger partial charge is 0.147 e. The maximum Gasteiger partial charge on any atom is 0.147 e. The van der Waals surface area contributed by atoms with Gasteiger partial charge < -0.3 is 14.8 Å². The van der Waals surface area contributed by atoms with Crippen molar-refractivity contribution in [2.24, 2.45) is 0 Å². The highest BCUT2D eigenvalue weighted by molar-refractivity contribution is 7.26. The van der Waals surface area contributed by atoms with Gasteiger partial charge in [0.2, 0.25) is 0 Å². The second-order valence-corrected chi connectivity index (χ2v) is 7.98. The van der Waals surface area contributed by atoms with Gasteiger partial charge in [0, 0.05) is 36.7 Å². The van der Waals surface area contributed by atoms with Gasteiger partial charge in [0.05, 0.1) is 29.0 Å². The number of rotatable bonds is 4. The monoisotopic (exact) mass is 358 g/mol. The molecule has 7 heteroatoms. The molecule has 0 aliphatic carbocycles. The zero-order chi connectivity index (χ0) is 17.6. The van der Waals surface area contributed by atoms with E-state index in [1.807, 2.05) is 0 Å². The fourth-order valence-electron chi connectivity index (χ4n) is 3.37. The molecule has 3 aromatic rings. The zero-order valence-electron chi connectivity index (χ0n) is 15.0. The number of aryl methyl sites for hydroxylation is 1. The van der Waals surface area contributed by atoms with Gasteiger partial charge in [-0.25, -0.2) is 15.0 Å². The first-order chi connectivity index (χ1) is 12.0. The van der Waals surface area contributed by atoms with E-state index >= 15 is 0 Å². The maximum absolute atomic E-state index is 6.00. The van der Waals surface area contributed by atoms with Crippen molar-refractivity contribution in [1.29, 1.82) is 0 Å². The molecule has 0 saturated heterocycles. The van der Waals surface area contributed by atoms with Crippen molar-refractivity contribution in [3.8, 4) is 0 Å². The molecule has 0 unspecified atom stereocenters. The van der Waals surface area contributed by atoms with E-state index in [1.165, 1.54) is 11.1 Å². The van der Waals surface area contributed by atoms with Crippen molar-refractivity contribution in [3.63, 3.8) is 0 Å². The third-order valence-corrected chi connectivity index (χ3v) is 5.71. The number of hydrogen-bond donors (Lipinski definition) is 1. The van der Waals surface area contributed by atoms with E-state index in [0.717, 1.165) is 38.4 Å². The van der Waals surface area contributed by atoms with Crippen LogP contribution in [0.2, 0.25) is 0 Å². The second kappa shape index (κ2) is 6.16. The van der Waals surface area contributed by atoms with E-state index in [4.69, 9.17) is 14.5 Å². The molecule has 1 aliphatic rings. The molecule has 0 amide bonds. The SMILES string of the molecule is COCCNc1ncnc2c1sc1nc(C)c3c(c12)CC(C)(C)OC3. The van der Waals surface area contributed by atoms with Gasteiger partial charge in [0.1, 0.15) is 17.0 Å². The molecule has 1 aliphatic heterocycles. The van der Waals surface area contributed by atoms with Gasteiger partial charge in [0.15, 0.2) is 0 Å². The van der Waals surface area contributed by atoms with Crippen molar-refractivity contribution < 1.29 is 9.47 Å². The van der Waals surface area contributed by atoms with Crippen molar-refractivity contribution in [2.45, 2.75) is 39.4 Å². The Hall–Kier alpha value is -1.83. The largest absolute Gasteiger partial charge is 0.383 e. The number of thiophene rings is 1. The summed E-state index contributed by atoms with van der Waals surface area (Å²) in [6.07, 6.45) is 2.49. The Morgan fingerprint density at radius 1 is 1.32 bits per heavy atom. The summed E-state index contributed by atoms with van der Waals surface area (Å²) < 4.78 is 12.2. The van der Waals surface area contributed by atoms with E-state index in [0.29, 0.717) is 19.8 Å². The molecule has 25 heavy (non-hydrogen) atoms. The first-order valence-corrected chi connectivity index (χ1v) is 9.24. The van der Waals surface area contributed by atoms with Crippen LogP contribution < -0.4 is 5.32 Å². The molecule has 1 N–H and O–H groups in total. The van der Waals surface area contributed by atoms with Crippen LogP contribution in [0.1, 0.15) is 30.7 Å². The zero-order valence-corrected chi connectivity index (χ0v) is 15.8. The number of nitrogens with one attached hydrogen (secondary N) is 1. The van der Waals surface area contributed by atoms with E-state index in [9.17, 15) is 0 Å². The topological polar surface area (TPSA) is 69.2 Å². The number of hydrogen-bond acceptors (Lipinski definition) is 7. The van der Waals surface area contributed by atoms with Crippen LogP contribution in [0.5, 0.6) is 0 Å². The van der Waals surface area contributed by atoms with E-state index in [1.54, 1.807) is 24.8 Å². The predicted octanol–water partition coefficient (Wildman–Crippen LogP) is 3.46. The lowest BCUT2D eigenvalue weighted by Gasteiger charge is -2.32. The van der Waals surface area contributed by atoms with Crippen molar-refractivity contribution in [1.82, 2.24) is 15.0 Å². The number of nitrogens with zero attached hydrogens (tertiary/aromatic N) is 3. The Kier molecular flexibility index (Phi) is 4.10. The summed E-state index contributed by atoms with van der Waals surface area (Å²) in [7, 11) is 1.69. The molecule has 132 valence electrons. The Labute approximate surface area is 150 Å². The van der Waals surface area contributed by atoms with Crippen LogP contribution in [-0.2, 0) is 22.5 Å².